The van der Waals surface area contributed by atoms with Crippen molar-refractivity contribution in [2.45, 2.75) is 17.9 Å². The van der Waals surface area contributed by atoms with Crippen LogP contribution in [0.25, 0.3) is 0 Å². The van der Waals surface area contributed by atoms with Crippen molar-refractivity contribution in [2.24, 2.45) is 7.05 Å². The lowest BCUT2D eigenvalue weighted by Crippen LogP contribution is -2.42. The van der Waals surface area contributed by atoms with Gasteiger partial charge >= 0.3 is 0 Å². The zero-order chi connectivity index (χ0) is 16.6. The molecule has 0 spiro atoms. The maximum atomic E-state index is 12.8. The van der Waals surface area contributed by atoms with Gasteiger partial charge in [0.25, 0.3) is 0 Å². The molecule has 3 heterocycles. The Kier molecular flexibility index (Phi) is 4.04. The molecular formula is C13H18N6O3S. The minimum Gasteiger partial charge on any atom is -0.382 e. The molecule has 9 nitrogen and oxygen atoms in total. The van der Waals surface area contributed by atoms with Crippen molar-refractivity contribution < 1.29 is 13.2 Å². The maximum absolute atomic E-state index is 12.8. The van der Waals surface area contributed by atoms with Crippen molar-refractivity contribution in [2.75, 3.05) is 25.4 Å². The van der Waals surface area contributed by atoms with Crippen LogP contribution in [0.1, 0.15) is 17.5 Å². The molecular weight excluding hydrogens is 320 g/mol. The molecule has 1 atom stereocenters. The van der Waals surface area contributed by atoms with E-state index in [1.54, 1.807) is 14.0 Å². The lowest BCUT2D eigenvalue weighted by atomic mass is 10.2. The van der Waals surface area contributed by atoms with Crippen molar-refractivity contribution in [3.05, 3.63) is 30.0 Å². The van der Waals surface area contributed by atoms with Gasteiger partial charge in [-0.05, 0) is 6.92 Å². The molecule has 23 heavy (non-hydrogen) atoms. The minimum atomic E-state index is -3.64. The van der Waals surface area contributed by atoms with E-state index in [0.717, 1.165) is 0 Å². The van der Waals surface area contributed by atoms with Crippen molar-refractivity contribution in [1.82, 2.24) is 24.1 Å². The topological polar surface area (TPSA) is 116 Å². The molecule has 0 radical (unpaired) electrons. The van der Waals surface area contributed by atoms with Crippen LogP contribution in [0.2, 0.25) is 0 Å². The number of hydrogen-bond donors (Lipinski definition) is 1. The summed E-state index contributed by atoms with van der Waals surface area (Å²) in [6.07, 6.45) is 3.96. The van der Waals surface area contributed by atoms with E-state index in [1.807, 2.05) is 0 Å². The largest absolute Gasteiger partial charge is 0.382 e. The van der Waals surface area contributed by atoms with Crippen LogP contribution in [-0.4, -0.2) is 52.2 Å². The first-order valence-corrected chi connectivity index (χ1v) is 8.52. The first kappa shape index (κ1) is 15.8. The highest BCUT2D eigenvalue weighted by molar-refractivity contribution is 7.89. The van der Waals surface area contributed by atoms with Gasteiger partial charge in [-0.25, -0.2) is 13.4 Å². The number of rotatable bonds is 3. The van der Waals surface area contributed by atoms with Gasteiger partial charge in [0.1, 0.15) is 22.5 Å². The van der Waals surface area contributed by atoms with Gasteiger partial charge < -0.3 is 10.5 Å². The standard InChI is InChI=1S/C13H18N6O3S/c1-9-11(8-18(2)17-9)23(20,21)19-5-6-22-10(7-19)12-13(14)16-4-3-15-12/h3-4,8,10H,5-7H2,1-2H3,(H2,14,16)/t10-/m0/s1. The summed E-state index contributed by atoms with van der Waals surface area (Å²) in [6.45, 7) is 2.34. The fraction of sp³-hybridized carbons (Fsp3) is 0.462. The van der Waals surface area contributed by atoms with Crippen LogP contribution < -0.4 is 5.73 Å². The molecule has 1 aliphatic rings. The van der Waals surface area contributed by atoms with Crippen molar-refractivity contribution in [1.29, 1.82) is 0 Å². The van der Waals surface area contributed by atoms with E-state index in [0.29, 0.717) is 11.4 Å². The van der Waals surface area contributed by atoms with Gasteiger partial charge in [-0.1, -0.05) is 0 Å². The molecule has 2 N–H and O–H groups in total. The number of hydrogen-bond acceptors (Lipinski definition) is 7. The number of nitrogen functional groups attached to an aromatic ring is 1. The smallest absolute Gasteiger partial charge is 0.246 e. The molecule has 0 bridgehead atoms. The molecule has 2 aromatic heterocycles. The molecule has 0 aliphatic carbocycles. The number of aryl methyl sites for hydroxylation is 2. The summed E-state index contributed by atoms with van der Waals surface area (Å²) in [6, 6.07) is 0. The van der Waals surface area contributed by atoms with Gasteiger partial charge in [-0.3, -0.25) is 9.67 Å². The molecule has 0 amide bonds. The summed E-state index contributed by atoms with van der Waals surface area (Å²) in [4.78, 5) is 8.34. The Balaban J connectivity index is 1.89. The Morgan fingerprint density at radius 1 is 1.35 bits per heavy atom. The third-order valence-corrected chi connectivity index (χ3v) is 5.64. The second-order valence-corrected chi connectivity index (χ2v) is 7.21. The zero-order valence-electron chi connectivity index (χ0n) is 12.9. The minimum absolute atomic E-state index is 0.138. The first-order chi connectivity index (χ1) is 10.9. The predicted octanol–water partition coefficient (Wildman–Crippen LogP) is -0.137. The Hall–Kier alpha value is -2.04. The van der Waals surface area contributed by atoms with E-state index in [9.17, 15) is 8.42 Å². The van der Waals surface area contributed by atoms with E-state index >= 15 is 0 Å². The molecule has 1 saturated heterocycles. The number of sulfonamides is 1. The summed E-state index contributed by atoms with van der Waals surface area (Å²) in [7, 11) is -1.96. The second-order valence-electron chi connectivity index (χ2n) is 5.30. The molecule has 0 aromatic carbocycles. The highest BCUT2D eigenvalue weighted by atomic mass is 32.2. The van der Waals surface area contributed by atoms with E-state index < -0.39 is 16.1 Å². The van der Waals surface area contributed by atoms with Gasteiger partial charge in [0.2, 0.25) is 10.0 Å². The fourth-order valence-electron chi connectivity index (χ4n) is 2.59. The lowest BCUT2D eigenvalue weighted by molar-refractivity contribution is -0.00466. The number of aromatic nitrogens is 4. The third-order valence-electron chi connectivity index (χ3n) is 3.68. The van der Waals surface area contributed by atoms with E-state index in [2.05, 4.69) is 15.1 Å². The van der Waals surface area contributed by atoms with Crippen LogP contribution in [0.15, 0.2) is 23.5 Å². The van der Waals surface area contributed by atoms with Gasteiger partial charge in [0.15, 0.2) is 0 Å². The number of nitrogens with two attached hydrogens (primary N) is 1. The predicted molar refractivity (Wildman–Crippen MR) is 81.8 cm³/mol. The molecule has 1 fully saturated rings. The van der Waals surface area contributed by atoms with E-state index in [1.165, 1.54) is 27.6 Å². The Bertz CT molecular complexity index is 819. The van der Waals surface area contributed by atoms with E-state index in [4.69, 9.17) is 10.5 Å². The summed E-state index contributed by atoms with van der Waals surface area (Å²) in [5.41, 5.74) is 6.73. The number of nitrogens with zero attached hydrogens (tertiary/aromatic N) is 5. The Labute approximate surface area is 134 Å². The lowest BCUT2D eigenvalue weighted by Gasteiger charge is -2.31. The van der Waals surface area contributed by atoms with Crippen LogP contribution in [0, 0.1) is 6.92 Å². The fourth-order valence-corrected chi connectivity index (χ4v) is 4.21. The van der Waals surface area contributed by atoms with Crippen LogP contribution in [0.5, 0.6) is 0 Å². The van der Waals surface area contributed by atoms with Crippen molar-refractivity contribution in [3.8, 4) is 0 Å². The molecule has 10 heteroatoms. The van der Waals surface area contributed by atoms with Gasteiger partial charge in [-0.2, -0.15) is 9.40 Å². The van der Waals surface area contributed by atoms with Crippen LogP contribution in [0.3, 0.4) is 0 Å². The van der Waals surface area contributed by atoms with Crippen molar-refractivity contribution >= 4 is 15.8 Å². The molecule has 0 saturated carbocycles. The molecule has 0 unspecified atom stereocenters. The molecule has 1 aliphatic heterocycles. The normalized spacial score (nSPS) is 19.8. The Morgan fingerprint density at radius 2 is 2.09 bits per heavy atom. The monoisotopic (exact) mass is 338 g/mol. The van der Waals surface area contributed by atoms with E-state index in [-0.39, 0.29) is 30.4 Å². The first-order valence-electron chi connectivity index (χ1n) is 7.08. The number of ether oxygens (including phenoxy) is 1. The van der Waals surface area contributed by atoms with Crippen LogP contribution in [-0.2, 0) is 21.8 Å². The highest BCUT2D eigenvalue weighted by Gasteiger charge is 2.34. The van der Waals surface area contributed by atoms with Crippen LogP contribution >= 0.6 is 0 Å². The summed E-state index contributed by atoms with van der Waals surface area (Å²) < 4.78 is 34.2. The second kappa shape index (κ2) is 5.87. The zero-order valence-corrected chi connectivity index (χ0v) is 13.7. The van der Waals surface area contributed by atoms with Gasteiger partial charge in [-0.15, -0.1) is 0 Å². The SMILES string of the molecule is Cc1nn(C)cc1S(=O)(=O)N1CCO[C@H](c2nccnc2N)C1. The Morgan fingerprint density at radius 3 is 2.74 bits per heavy atom. The van der Waals surface area contributed by atoms with Crippen molar-refractivity contribution in [3.63, 3.8) is 0 Å². The summed E-state index contributed by atoms with van der Waals surface area (Å²) in [5, 5.41) is 4.10. The van der Waals surface area contributed by atoms with Gasteiger partial charge in [0.05, 0.1) is 12.3 Å². The summed E-state index contributed by atoms with van der Waals surface area (Å²) in [5.74, 6) is 0.245. The molecule has 3 rings (SSSR count). The highest BCUT2D eigenvalue weighted by Crippen LogP contribution is 2.28. The number of anilines is 1. The molecule has 124 valence electrons. The number of morpholine rings is 1. The average Bonchev–Trinajstić information content (AvgIpc) is 2.87. The summed E-state index contributed by atoms with van der Waals surface area (Å²) >= 11 is 0. The van der Waals surface area contributed by atoms with Crippen LogP contribution in [0.4, 0.5) is 5.82 Å². The maximum Gasteiger partial charge on any atom is 0.246 e. The molecule has 2 aromatic rings. The average molecular weight is 338 g/mol. The van der Waals surface area contributed by atoms with Gasteiger partial charge in [0, 0.05) is 38.7 Å². The third kappa shape index (κ3) is 2.92. The quantitative estimate of drug-likeness (QED) is 0.828.